The molecule has 2 amide bonds. The maximum Gasteiger partial charge on any atom is 0.435 e. The number of amides is 2. The molecule has 1 N–H and O–H groups in total. The lowest BCUT2D eigenvalue weighted by Gasteiger charge is -2.32. The van der Waals surface area contributed by atoms with Gasteiger partial charge >= 0.3 is 12.2 Å². The molecule has 0 aliphatic carbocycles. The minimum Gasteiger partial charge on any atom is -0.338 e. The first kappa shape index (κ1) is 18.2. The van der Waals surface area contributed by atoms with Crippen LogP contribution in [0, 0.1) is 12.3 Å². The van der Waals surface area contributed by atoms with Gasteiger partial charge in [0, 0.05) is 32.3 Å². The molecule has 1 saturated heterocycles. The summed E-state index contributed by atoms with van der Waals surface area (Å²) in [6.07, 6.45) is 5.67. The van der Waals surface area contributed by atoms with Crippen molar-refractivity contribution in [1.29, 1.82) is 0 Å². The van der Waals surface area contributed by atoms with Gasteiger partial charge in [0.05, 0.1) is 6.04 Å². The fourth-order valence-corrected chi connectivity index (χ4v) is 2.69. The summed E-state index contributed by atoms with van der Waals surface area (Å²) in [6, 6.07) is 0.737. The maximum absolute atomic E-state index is 12.6. The predicted octanol–water partition coefficient (Wildman–Crippen LogP) is 3.05. The van der Waals surface area contributed by atoms with Crippen molar-refractivity contribution in [2.24, 2.45) is 0 Å². The van der Waals surface area contributed by atoms with E-state index in [1.165, 1.54) is 10.9 Å². The van der Waals surface area contributed by atoms with Crippen LogP contribution in [0.2, 0.25) is 0 Å². The van der Waals surface area contributed by atoms with Gasteiger partial charge in [-0.3, -0.25) is 4.68 Å². The number of carbonyl (C=O) groups is 1. The van der Waals surface area contributed by atoms with Crippen molar-refractivity contribution in [3.63, 3.8) is 0 Å². The van der Waals surface area contributed by atoms with Crippen molar-refractivity contribution in [3.8, 4) is 12.3 Å². The van der Waals surface area contributed by atoms with E-state index in [1.807, 2.05) is 0 Å². The second-order valence-corrected chi connectivity index (χ2v) is 5.79. The van der Waals surface area contributed by atoms with Crippen molar-refractivity contribution in [2.75, 3.05) is 19.6 Å². The Labute approximate surface area is 139 Å². The molecule has 0 saturated carbocycles. The third-order valence-electron chi connectivity index (χ3n) is 4.05. The maximum atomic E-state index is 12.6. The predicted molar refractivity (Wildman–Crippen MR) is 83.2 cm³/mol. The lowest BCUT2D eigenvalue weighted by molar-refractivity contribution is -0.141. The van der Waals surface area contributed by atoms with Crippen molar-refractivity contribution in [2.45, 2.75) is 44.3 Å². The van der Waals surface area contributed by atoms with Gasteiger partial charge in [-0.15, -0.1) is 12.3 Å². The molecule has 1 aromatic heterocycles. The molecule has 1 fully saturated rings. The summed E-state index contributed by atoms with van der Waals surface area (Å²) in [5.41, 5.74) is -0.880. The lowest BCUT2D eigenvalue weighted by atomic mass is 10.1. The van der Waals surface area contributed by atoms with Crippen LogP contribution in [0.1, 0.15) is 43.8 Å². The van der Waals surface area contributed by atoms with Gasteiger partial charge in [0.2, 0.25) is 0 Å². The van der Waals surface area contributed by atoms with Crippen molar-refractivity contribution in [3.05, 3.63) is 18.0 Å². The van der Waals surface area contributed by atoms with Crippen LogP contribution in [0.25, 0.3) is 0 Å². The first-order valence-electron chi connectivity index (χ1n) is 8.00. The Balaban J connectivity index is 1.76. The Kier molecular flexibility index (Phi) is 6.12. The SMILES string of the molecule is C#CCCCCNC(=O)N1CCC(n2ccc(C(F)(F)F)n2)CC1. The molecule has 0 bridgehead atoms. The van der Waals surface area contributed by atoms with Crippen LogP contribution in [0.4, 0.5) is 18.0 Å². The van der Waals surface area contributed by atoms with Gasteiger partial charge in [0.1, 0.15) is 0 Å². The molecule has 5 nitrogen and oxygen atoms in total. The number of nitrogens with zero attached hydrogens (tertiary/aromatic N) is 3. The molecule has 0 unspecified atom stereocenters. The topological polar surface area (TPSA) is 50.2 Å². The van der Waals surface area contributed by atoms with E-state index in [0.29, 0.717) is 38.9 Å². The van der Waals surface area contributed by atoms with E-state index < -0.39 is 11.9 Å². The number of aromatic nitrogens is 2. The summed E-state index contributed by atoms with van der Waals surface area (Å²) in [6.45, 7) is 1.58. The molecule has 2 heterocycles. The molecule has 0 spiro atoms. The van der Waals surface area contributed by atoms with E-state index >= 15 is 0 Å². The van der Waals surface area contributed by atoms with E-state index in [-0.39, 0.29) is 12.1 Å². The van der Waals surface area contributed by atoms with Crippen LogP contribution in [0.5, 0.6) is 0 Å². The van der Waals surface area contributed by atoms with E-state index in [4.69, 9.17) is 6.42 Å². The molecule has 0 radical (unpaired) electrons. The molecule has 24 heavy (non-hydrogen) atoms. The minimum atomic E-state index is -4.43. The largest absolute Gasteiger partial charge is 0.435 e. The number of alkyl halides is 3. The second kappa shape index (κ2) is 8.08. The molecule has 0 aromatic carbocycles. The fourth-order valence-electron chi connectivity index (χ4n) is 2.69. The zero-order chi connectivity index (χ0) is 17.6. The highest BCUT2D eigenvalue weighted by molar-refractivity contribution is 5.74. The van der Waals surface area contributed by atoms with Crippen LogP contribution in [-0.2, 0) is 6.18 Å². The summed E-state index contributed by atoms with van der Waals surface area (Å²) in [5.74, 6) is 2.55. The summed E-state index contributed by atoms with van der Waals surface area (Å²) in [5, 5.41) is 6.45. The second-order valence-electron chi connectivity index (χ2n) is 5.79. The Morgan fingerprint density at radius 2 is 2.08 bits per heavy atom. The number of hydrogen-bond donors (Lipinski definition) is 1. The molecule has 132 valence electrons. The number of nitrogens with one attached hydrogen (secondary N) is 1. The third-order valence-corrected chi connectivity index (χ3v) is 4.05. The first-order chi connectivity index (χ1) is 11.4. The molecule has 1 aliphatic heterocycles. The summed E-state index contributed by atoms with van der Waals surface area (Å²) >= 11 is 0. The summed E-state index contributed by atoms with van der Waals surface area (Å²) < 4.78 is 39.1. The van der Waals surface area contributed by atoms with Crippen LogP contribution < -0.4 is 5.32 Å². The van der Waals surface area contributed by atoms with Gasteiger partial charge < -0.3 is 10.2 Å². The Hall–Kier alpha value is -2.17. The average molecular weight is 342 g/mol. The number of piperidine rings is 1. The standard InChI is InChI=1S/C16H21F3N4O/c1-2-3-4-5-9-20-15(24)22-10-6-13(7-11-22)23-12-8-14(21-23)16(17,18)19/h1,8,12-13H,3-7,9-11H2,(H,20,24). The number of hydrogen-bond acceptors (Lipinski definition) is 2. The third kappa shape index (κ3) is 4.91. The van der Waals surface area contributed by atoms with Gasteiger partial charge in [0.15, 0.2) is 5.69 Å². The van der Waals surface area contributed by atoms with Crippen LogP contribution >= 0.6 is 0 Å². The smallest absolute Gasteiger partial charge is 0.338 e. The van der Waals surface area contributed by atoms with Crippen molar-refractivity contribution < 1.29 is 18.0 Å². The van der Waals surface area contributed by atoms with Crippen LogP contribution in [0.15, 0.2) is 12.3 Å². The molecule has 0 atom stereocenters. The fraction of sp³-hybridized carbons (Fsp3) is 0.625. The Bertz CT molecular complexity index is 583. The van der Waals surface area contributed by atoms with E-state index in [0.717, 1.165) is 18.9 Å². The number of urea groups is 1. The van der Waals surface area contributed by atoms with Crippen LogP contribution in [0.3, 0.4) is 0 Å². The van der Waals surface area contributed by atoms with Gasteiger partial charge in [-0.1, -0.05) is 0 Å². The zero-order valence-corrected chi connectivity index (χ0v) is 13.4. The zero-order valence-electron chi connectivity index (χ0n) is 13.4. The minimum absolute atomic E-state index is 0.110. The lowest BCUT2D eigenvalue weighted by Crippen LogP contribution is -2.45. The summed E-state index contributed by atoms with van der Waals surface area (Å²) in [7, 11) is 0. The molecule has 2 rings (SSSR count). The molecule has 1 aromatic rings. The average Bonchev–Trinajstić information content (AvgIpc) is 3.05. The van der Waals surface area contributed by atoms with E-state index in [9.17, 15) is 18.0 Å². The van der Waals surface area contributed by atoms with Crippen molar-refractivity contribution in [1.82, 2.24) is 20.0 Å². The van der Waals surface area contributed by atoms with Gasteiger partial charge in [-0.25, -0.2) is 4.79 Å². The Morgan fingerprint density at radius 1 is 1.38 bits per heavy atom. The van der Waals surface area contributed by atoms with Crippen LogP contribution in [-0.4, -0.2) is 40.3 Å². The van der Waals surface area contributed by atoms with E-state index in [2.05, 4.69) is 16.3 Å². The number of halogens is 3. The number of unbranched alkanes of at least 4 members (excludes halogenated alkanes) is 2. The normalized spacial score (nSPS) is 16.0. The number of rotatable bonds is 5. The van der Waals surface area contributed by atoms with Gasteiger partial charge in [0.25, 0.3) is 0 Å². The quantitative estimate of drug-likeness (QED) is 0.660. The highest BCUT2D eigenvalue weighted by Gasteiger charge is 2.34. The van der Waals surface area contributed by atoms with Crippen molar-refractivity contribution >= 4 is 6.03 Å². The number of likely N-dealkylation sites (tertiary alicyclic amines) is 1. The van der Waals surface area contributed by atoms with E-state index in [1.54, 1.807) is 4.90 Å². The monoisotopic (exact) mass is 342 g/mol. The highest BCUT2D eigenvalue weighted by atomic mass is 19.4. The molecule has 8 heteroatoms. The Morgan fingerprint density at radius 3 is 2.67 bits per heavy atom. The van der Waals surface area contributed by atoms with Gasteiger partial charge in [-0.2, -0.15) is 18.3 Å². The number of terminal acetylenes is 1. The highest BCUT2D eigenvalue weighted by Crippen LogP contribution is 2.29. The molecular formula is C16H21F3N4O. The molecule has 1 aliphatic rings. The summed E-state index contributed by atoms with van der Waals surface area (Å²) in [4.78, 5) is 13.7. The first-order valence-corrected chi connectivity index (χ1v) is 8.00. The van der Waals surface area contributed by atoms with Gasteiger partial charge in [-0.05, 0) is 31.7 Å². The molecular weight excluding hydrogens is 321 g/mol. The number of carbonyl (C=O) groups excluding carboxylic acids is 1.